The second-order valence-corrected chi connectivity index (χ2v) is 4.68. The standard InChI is InChI=1S/C10H7ClN4S/c11-10-13-5-8(16-10)6-15-4-2-1-3-9(15)14-7-12/h1-5H,6H2. The summed E-state index contributed by atoms with van der Waals surface area (Å²) in [7, 11) is 0. The van der Waals surface area contributed by atoms with Gasteiger partial charge >= 0.3 is 0 Å². The number of halogens is 1. The van der Waals surface area contributed by atoms with E-state index in [9.17, 15) is 0 Å². The Hall–Kier alpha value is -1.64. The van der Waals surface area contributed by atoms with E-state index in [0.717, 1.165) is 4.88 Å². The molecule has 0 saturated carbocycles. The van der Waals surface area contributed by atoms with E-state index in [0.29, 0.717) is 16.5 Å². The number of rotatable bonds is 2. The molecule has 0 bridgehead atoms. The van der Waals surface area contributed by atoms with Gasteiger partial charge in [0, 0.05) is 17.3 Å². The number of hydrogen-bond donors (Lipinski definition) is 0. The van der Waals surface area contributed by atoms with Gasteiger partial charge in [0.15, 0.2) is 4.47 Å². The monoisotopic (exact) mass is 250 g/mol. The highest BCUT2D eigenvalue weighted by molar-refractivity contribution is 7.15. The zero-order valence-corrected chi connectivity index (χ0v) is 9.74. The van der Waals surface area contributed by atoms with Gasteiger partial charge in [-0.2, -0.15) is 10.3 Å². The summed E-state index contributed by atoms with van der Waals surface area (Å²) in [6.07, 6.45) is 5.37. The van der Waals surface area contributed by atoms with Crippen LogP contribution in [0.4, 0.5) is 0 Å². The number of nitriles is 1. The first-order valence-electron chi connectivity index (χ1n) is 4.48. The molecule has 0 atom stereocenters. The number of hydrogen-bond acceptors (Lipinski definition) is 4. The van der Waals surface area contributed by atoms with Crippen molar-refractivity contribution in [1.29, 1.82) is 5.26 Å². The summed E-state index contributed by atoms with van der Waals surface area (Å²) in [6.45, 7) is 0.617. The third-order valence-corrected chi connectivity index (χ3v) is 3.03. The summed E-state index contributed by atoms with van der Waals surface area (Å²) >= 11 is 7.17. The molecule has 0 N–H and O–H groups in total. The molecule has 2 heterocycles. The summed E-state index contributed by atoms with van der Waals surface area (Å²) < 4.78 is 2.39. The van der Waals surface area contributed by atoms with E-state index >= 15 is 0 Å². The Morgan fingerprint density at radius 3 is 3.12 bits per heavy atom. The van der Waals surface area contributed by atoms with Crippen molar-refractivity contribution in [3.05, 3.63) is 45.4 Å². The van der Waals surface area contributed by atoms with E-state index in [2.05, 4.69) is 9.98 Å². The largest absolute Gasteiger partial charge is 0.327 e. The second-order valence-electron chi connectivity index (χ2n) is 2.98. The Labute approximate surface area is 101 Å². The van der Waals surface area contributed by atoms with Gasteiger partial charge in [0.1, 0.15) is 5.49 Å². The van der Waals surface area contributed by atoms with E-state index < -0.39 is 0 Å². The first kappa shape index (κ1) is 10.9. The number of thiazole rings is 1. The third kappa shape index (κ3) is 2.48. The van der Waals surface area contributed by atoms with Gasteiger partial charge in [0.05, 0.1) is 6.54 Å². The molecule has 0 aliphatic carbocycles. The van der Waals surface area contributed by atoms with E-state index in [-0.39, 0.29) is 0 Å². The number of nitrogens with zero attached hydrogens (tertiary/aromatic N) is 4. The molecule has 2 aromatic rings. The fourth-order valence-corrected chi connectivity index (χ4v) is 2.26. The highest BCUT2D eigenvalue weighted by atomic mass is 35.5. The average molecular weight is 251 g/mol. The van der Waals surface area contributed by atoms with Crippen LogP contribution in [0.2, 0.25) is 4.47 Å². The van der Waals surface area contributed by atoms with Crippen LogP contribution >= 0.6 is 22.9 Å². The fourth-order valence-electron chi connectivity index (χ4n) is 1.28. The van der Waals surface area contributed by atoms with E-state index in [1.807, 2.05) is 22.9 Å². The molecule has 0 amide bonds. The molecule has 4 nitrogen and oxygen atoms in total. The molecule has 0 radical (unpaired) electrons. The maximum Gasteiger partial charge on any atom is 0.207 e. The fraction of sp³-hybridized carbons (Fsp3) is 0.100. The van der Waals surface area contributed by atoms with Gasteiger partial charge in [-0.25, -0.2) is 4.98 Å². The van der Waals surface area contributed by atoms with Crippen molar-refractivity contribution in [3.63, 3.8) is 0 Å². The van der Waals surface area contributed by atoms with Gasteiger partial charge in [0.25, 0.3) is 0 Å². The van der Waals surface area contributed by atoms with Gasteiger partial charge in [-0.3, -0.25) is 0 Å². The minimum Gasteiger partial charge on any atom is -0.327 e. The highest BCUT2D eigenvalue weighted by Crippen LogP contribution is 2.17. The molecular formula is C10H7ClN4S. The normalized spacial score (nSPS) is 11.4. The van der Waals surface area contributed by atoms with Crippen molar-refractivity contribution in [3.8, 4) is 6.19 Å². The first-order chi connectivity index (χ1) is 7.79. The van der Waals surface area contributed by atoms with E-state index in [1.54, 1.807) is 18.5 Å². The van der Waals surface area contributed by atoms with Crippen LogP contribution in [-0.2, 0) is 6.54 Å². The summed E-state index contributed by atoms with van der Waals surface area (Å²) in [5, 5.41) is 8.55. The average Bonchev–Trinajstić information content (AvgIpc) is 2.67. The highest BCUT2D eigenvalue weighted by Gasteiger charge is 2.00. The Bertz CT molecular complexity index is 593. The van der Waals surface area contributed by atoms with E-state index in [4.69, 9.17) is 16.9 Å². The molecule has 6 heteroatoms. The lowest BCUT2D eigenvalue weighted by atomic mass is 10.4. The Kier molecular flexibility index (Phi) is 3.34. The molecule has 2 aromatic heterocycles. The maximum atomic E-state index is 8.55. The van der Waals surface area contributed by atoms with Gasteiger partial charge in [-0.15, -0.1) is 11.3 Å². The van der Waals surface area contributed by atoms with Gasteiger partial charge in [-0.05, 0) is 12.1 Å². The van der Waals surface area contributed by atoms with Crippen LogP contribution in [0.25, 0.3) is 0 Å². The lowest BCUT2D eigenvalue weighted by Gasteiger charge is -2.03. The Morgan fingerprint density at radius 2 is 2.44 bits per heavy atom. The third-order valence-electron chi connectivity index (χ3n) is 1.93. The smallest absolute Gasteiger partial charge is 0.207 e. The zero-order valence-electron chi connectivity index (χ0n) is 8.17. The van der Waals surface area contributed by atoms with Crippen LogP contribution in [0.3, 0.4) is 0 Å². The maximum absolute atomic E-state index is 8.55. The topological polar surface area (TPSA) is 54.0 Å². The molecule has 16 heavy (non-hydrogen) atoms. The molecule has 2 rings (SSSR count). The van der Waals surface area contributed by atoms with Crippen molar-refractivity contribution < 1.29 is 0 Å². The molecule has 0 saturated heterocycles. The molecule has 0 unspecified atom stereocenters. The van der Waals surface area contributed by atoms with Crippen molar-refractivity contribution in [2.75, 3.05) is 0 Å². The zero-order chi connectivity index (χ0) is 11.4. The van der Waals surface area contributed by atoms with Crippen LogP contribution in [0, 0.1) is 11.5 Å². The van der Waals surface area contributed by atoms with Crippen LogP contribution < -0.4 is 5.49 Å². The quantitative estimate of drug-likeness (QED) is 0.766. The molecule has 0 aromatic carbocycles. The predicted molar refractivity (Wildman–Crippen MR) is 61.8 cm³/mol. The summed E-state index contributed by atoms with van der Waals surface area (Å²) in [6, 6.07) is 5.51. The lowest BCUT2D eigenvalue weighted by molar-refractivity contribution is 0.752. The SMILES string of the molecule is N#CN=c1ccccn1Cc1cnc(Cl)s1. The molecule has 0 aliphatic rings. The minimum atomic E-state index is 0.519. The van der Waals surface area contributed by atoms with Crippen molar-refractivity contribution in [1.82, 2.24) is 9.55 Å². The van der Waals surface area contributed by atoms with E-state index in [1.165, 1.54) is 11.3 Å². The van der Waals surface area contributed by atoms with Crippen LogP contribution in [0.5, 0.6) is 0 Å². The first-order valence-corrected chi connectivity index (χ1v) is 5.67. The van der Waals surface area contributed by atoms with Gasteiger partial charge in [-0.1, -0.05) is 17.7 Å². The second kappa shape index (κ2) is 4.92. The number of aromatic nitrogens is 2. The number of pyridine rings is 1. The molecule has 80 valence electrons. The molecule has 0 fully saturated rings. The van der Waals surface area contributed by atoms with Crippen molar-refractivity contribution in [2.24, 2.45) is 4.99 Å². The lowest BCUT2D eigenvalue weighted by Crippen LogP contribution is -2.19. The predicted octanol–water partition coefficient (Wildman–Crippen LogP) is 2.03. The van der Waals surface area contributed by atoms with Crippen molar-refractivity contribution in [2.45, 2.75) is 6.54 Å². The summed E-state index contributed by atoms with van der Waals surface area (Å²) in [5.41, 5.74) is 0.620. The Balaban J connectivity index is 2.35. The van der Waals surface area contributed by atoms with Crippen molar-refractivity contribution >= 4 is 22.9 Å². The van der Waals surface area contributed by atoms with Crippen LogP contribution in [-0.4, -0.2) is 9.55 Å². The van der Waals surface area contributed by atoms with Gasteiger partial charge < -0.3 is 4.57 Å². The van der Waals surface area contributed by atoms with Crippen LogP contribution in [0.15, 0.2) is 35.6 Å². The molecular weight excluding hydrogens is 244 g/mol. The molecule has 0 spiro atoms. The Morgan fingerprint density at radius 1 is 1.56 bits per heavy atom. The van der Waals surface area contributed by atoms with Crippen LogP contribution in [0.1, 0.15) is 4.88 Å². The summed E-state index contributed by atoms with van der Waals surface area (Å²) in [4.78, 5) is 8.72. The minimum absolute atomic E-state index is 0.519. The molecule has 0 aliphatic heterocycles. The summed E-state index contributed by atoms with van der Waals surface area (Å²) in [5.74, 6) is 0. The van der Waals surface area contributed by atoms with Gasteiger partial charge in [0.2, 0.25) is 6.19 Å².